The molecule has 0 aliphatic rings. The summed E-state index contributed by atoms with van der Waals surface area (Å²) in [5.41, 5.74) is 4.97. The molecule has 3 N–H and O–H groups in total. The first kappa shape index (κ1) is 12.1. The van der Waals surface area contributed by atoms with Crippen LogP contribution in [-0.4, -0.2) is 4.98 Å². The van der Waals surface area contributed by atoms with Crippen molar-refractivity contribution in [2.75, 3.05) is 0 Å². The second-order valence-corrected chi connectivity index (χ2v) is 3.92. The van der Waals surface area contributed by atoms with Gasteiger partial charge in [0.15, 0.2) is 0 Å². The molecule has 0 radical (unpaired) electrons. The molecule has 1 heterocycles. The van der Waals surface area contributed by atoms with Gasteiger partial charge < -0.3 is 0 Å². The first-order chi connectivity index (χ1) is 7.22. The SMILES string of the molecule is CCC(CC)C(NN)c1cccc(C)n1. The monoisotopic (exact) mass is 207 g/mol. The molecule has 0 bridgehead atoms. The third kappa shape index (κ3) is 3.01. The number of aromatic nitrogens is 1. The molecule has 1 aromatic heterocycles. The van der Waals surface area contributed by atoms with Gasteiger partial charge in [-0.2, -0.15) is 0 Å². The molecule has 0 aliphatic carbocycles. The molecule has 84 valence electrons. The van der Waals surface area contributed by atoms with E-state index < -0.39 is 0 Å². The molecule has 0 saturated carbocycles. The number of hydrazine groups is 1. The van der Waals surface area contributed by atoms with Crippen LogP contribution in [0.1, 0.15) is 44.1 Å². The van der Waals surface area contributed by atoms with Crippen molar-refractivity contribution in [1.82, 2.24) is 10.4 Å². The maximum Gasteiger partial charge on any atom is 0.0660 e. The Kier molecular flexibility index (Phi) is 4.72. The molecule has 3 nitrogen and oxygen atoms in total. The topological polar surface area (TPSA) is 50.9 Å². The van der Waals surface area contributed by atoms with Gasteiger partial charge in [0.2, 0.25) is 0 Å². The predicted octanol–water partition coefficient (Wildman–Crippen LogP) is 2.33. The Morgan fingerprint density at radius 3 is 2.47 bits per heavy atom. The third-order valence-electron chi connectivity index (χ3n) is 2.93. The average Bonchev–Trinajstić information content (AvgIpc) is 2.25. The van der Waals surface area contributed by atoms with Crippen molar-refractivity contribution in [2.24, 2.45) is 11.8 Å². The largest absolute Gasteiger partial charge is 0.271 e. The van der Waals surface area contributed by atoms with Gasteiger partial charge in [-0.3, -0.25) is 16.3 Å². The highest BCUT2D eigenvalue weighted by atomic mass is 15.2. The normalized spacial score (nSPS) is 13.1. The molecular weight excluding hydrogens is 186 g/mol. The van der Waals surface area contributed by atoms with Crippen molar-refractivity contribution in [3.63, 3.8) is 0 Å². The fourth-order valence-electron chi connectivity index (χ4n) is 1.96. The summed E-state index contributed by atoms with van der Waals surface area (Å²) >= 11 is 0. The first-order valence-electron chi connectivity index (χ1n) is 5.62. The lowest BCUT2D eigenvalue weighted by Gasteiger charge is -2.24. The zero-order valence-corrected chi connectivity index (χ0v) is 9.83. The molecular formula is C12H21N3. The number of nitrogens with two attached hydrogens (primary N) is 1. The van der Waals surface area contributed by atoms with Gasteiger partial charge in [0.25, 0.3) is 0 Å². The van der Waals surface area contributed by atoms with E-state index in [9.17, 15) is 0 Å². The zero-order valence-electron chi connectivity index (χ0n) is 9.83. The maximum absolute atomic E-state index is 5.62. The number of nitrogens with zero attached hydrogens (tertiary/aromatic N) is 1. The lowest BCUT2D eigenvalue weighted by Crippen LogP contribution is -2.34. The van der Waals surface area contributed by atoms with Crippen LogP contribution in [0.4, 0.5) is 0 Å². The number of nitrogens with one attached hydrogen (secondary N) is 1. The minimum atomic E-state index is 0.167. The Balaban J connectivity index is 2.90. The fourth-order valence-corrected chi connectivity index (χ4v) is 1.96. The van der Waals surface area contributed by atoms with Crippen LogP contribution < -0.4 is 11.3 Å². The number of hydrogen-bond donors (Lipinski definition) is 2. The van der Waals surface area contributed by atoms with E-state index in [1.165, 1.54) is 0 Å². The van der Waals surface area contributed by atoms with E-state index in [4.69, 9.17) is 5.84 Å². The van der Waals surface area contributed by atoms with Crippen molar-refractivity contribution in [3.8, 4) is 0 Å². The Labute approximate surface area is 92.1 Å². The molecule has 0 saturated heterocycles. The van der Waals surface area contributed by atoms with Crippen LogP contribution >= 0.6 is 0 Å². The molecule has 3 heteroatoms. The molecule has 1 atom stereocenters. The highest BCUT2D eigenvalue weighted by molar-refractivity contribution is 5.14. The third-order valence-corrected chi connectivity index (χ3v) is 2.93. The summed E-state index contributed by atoms with van der Waals surface area (Å²) in [5, 5.41) is 0. The van der Waals surface area contributed by atoms with E-state index >= 15 is 0 Å². The molecule has 0 aromatic carbocycles. The molecule has 0 fully saturated rings. The van der Waals surface area contributed by atoms with Gasteiger partial charge in [0.1, 0.15) is 0 Å². The fraction of sp³-hybridized carbons (Fsp3) is 0.583. The lowest BCUT2D eigenvalue weighted by atomic mass is 9.92. The van der Waals surface area contributed by atoms with Gasteiger partial charge in [0, 0.05) is 5.69 Å². The molecule has 15 heavy (non-hydrogen) atoms. The average molecular weight is 207 g/mol. The minimum Gasteiger partial charge on any atom is -0.271 e. The van der Waals surface area contributed by atoms with Gasteiger partial charge in [-0.1, -0.05) is 32.8 Å². The summed E-state index contributed by atoms with van der Waals surface area (Å²) in [4.78, 5) is 4.52. The van der Waals surface area contributed by atoms with Crippen molar-refractivity contribution in [2.45, 2.75) is 39.7 Å². The number of rotatable bonds is 5. The minimum absolute atomic E-state index is 0.167. The van der Waals surface area contributed by atoms with Crippen molar-refractivity contribution in [3.05, 3.63) is 29.6 Å². The van der Waals surface area contributed by atoms with E-state index in [2.05, 4.69) is 24.3 Å². The van der Waals surface area contributed by atoms with Crippen molar-refractivity contribution < 1.29 is 0 Å². The van der Waals surface area contributed by atoms with Crippen LogP contribution in [0.2, 0.25) is 0 Å². The van der Waals surface area contributed by atoms with E-state index in [-0.39, 0.29) is 6.04 Å². The Hall–Kier alpha value is -0.930. The van der Waals surface area contributed by atoms with Gasteiger partial charge in [-0.25, -0.2) is 0 Å². The van der Waals surface area contributed by atoms with Crippen molar-refractivity contribution >= 4 is 0 Å². The van der Waals surface area contributed by atoms with Crippen LogP contribution in [0.15, 0.2) is 18.2 Å². The molecule has 1 aromatic rings. The summed E-state index contributed by atoms with van der Waals surface area (Å²) in [5.74, 6) is 6.16. The first-order valence-corrected chi connectivity index (χ1v) is 5.62. The van der Waals surface area contributed by atoms with E-state index in [1.807, 2.05) is 25.1 Å². The molecule has 0 aliphatic heterocycles. The summed E-state index contributed by atoms with van der Waals surface area (Å²) in [6.07, 6.45) is 2.22. The molecule has 1 unspecified atom stereocenters. The summed E-state index contributed by atoms with van der Waals surface area (Å²) in [7, 11) is 0. The lowest BCUT2D eigenvalue weighted by molar-refractivity contribution is 0.339. The van der Waals surface area contributed by atoms with E-state index in [0.29, 0.717) is 5.92 Å². The van der Waals surface area contributed by atoms with Crippen LogP contribution in [-0.2, 0) is 0 Å². The molecule has 0 spiro atoms. The van der Waals surface area contributed by atoms with Gasteiger partial charge in [-0.05, 0) is 25.0 Å². The van der Waals surface area contributed by atoms with Crippen LogP contribution in [0, 0.1) is 12.8 Å². The van der Waals surface area contributed by atoms with Crippen LogP contribution in [0.5, 0.6) is 0 Å². The van der Waals surface area contributed by atoms with Gasteiger partial charge >= 0.3 is 0 Å². The summed E-state index contributed by atoms with van der Waals surface area (Å²) < 4.78 is 0. The van der Waals surface area contributed by atoms with E-state index in [0.717, 1.165) is 24.2 Å². The quantitative estimate of drug-likeness (QED) is 0.575. The van der Waals surface area contributed by atoms with Crippen LogP contribution in [0.25, 0.3) is 0 Å². The highest BCUT2D eigenvalue weighted by Crippen LogP contribution is 2.25. The summed E-state index contributed by atoms with van der Waals surface area (Å²) in [6.45, 7) is 6.38. The highest BCUT2D eigenvalue weighted by Gasteiger charge is 2.19. The number of aryl methyl sites for hydroxylation is 1. The molecule has 1 rings (SSSR count). The molecule has 0 amide bonds. The van der Waals surface area contributed by atoms with E-state index in [1.54, 1.807) is 0 Å². The smallest absolute Gasteiger partial charge is 0.0660 e. The van der Waals surface area contributed by atoms with Crippen LogP contribution in [0.3, 0.4) is 0 Å². The number of hydrogen-bond acceptors (Lipinski definition) is 3. The predicted molar refractivity (Wildman–Crippen MR) is 63.1 cm³/mol. The summed E-state index contributed by atoms with van der Waals surface area (Å²) in [6, 6.07) is 6.24. The Bertz CT molecular complexity index is 295. The second-order valence-electron chi connectivity index (χ2n) is 3.92. The standard InChI is InChI=1S/C12H21N3/c1-4-10(5-2)12(15-13)11-8-6-7-9(3)14-11/h6-8,10,12,15H,4-5,13H2,1-3H3. The van der Waals surface area contributed by atoms with Crippen molar-refractivity contribution in [1.29, 1.82) is 0 Å². The number of pyridine rings is 1. The Morgan fingerprint density at radius 2 is 2.00 bits per heavy atom. The van der Waals surface area contributed by atoms with Gasteiger partial charge in [-0.15, -0.1) is 0 Å². The Morgan fingerprint density at radius 1 is 1.33 bits per heavy atom. The second kappa shape index (κ2) is 5.83. The zero-order chi connectivity index (χ0) is 11.3. The van der Waals surface area contributed by atoms with Gasteiger partial charge in [0.05, 0.1) is 11.7 Å². The maximum atomic E-state index is 5.62.